The van der Waals surface area contributed by atoms with Crippen molar-refractivity contribution in [3.05, 3.63) is 52.1 Å². The van der Waals surface area contributed by atoms with E-state index in [1.165, 1.54) is 0 Å². The number of H-pyrrole nitrogens is 1. The van der Waals surface area contributed by atoms with Crippen LogP contribution in [0.25, 0.3) is 11.2 Å². The number of rotatable bonds is 41. The van der Waals surface area contributed by atoms with Gasteiger partial charge in [-0.15, -0.1) is 0 Å². The number of benzene rings is 1. The molecule has 0 spiro atoms. The number of halogens is 3. The smallest absolute Gasteiger partial charge is 0.458 e. The van der Waals surface area contributed by atoms with Crippen LogP contribution < -0.4 is 32.1 Å². The third kappa shape index (κ3) is 28.8. The largest absolute Gasteiger partial charge is 0.471 e. The van der Waals surface area contributed by atoms with Gasteiger partial charge in [0.1, 0.15) is 11.6 Å². The first kappa shape index (κ1) is 65.3. The number of alkyl halides is 3. The molecule has 432 valence electrons. The van der Waals surface area contributed by atoms with Gasteiger partial charge < -0.3 is 69.1 Å². The van der Waals surface area contributed by atoms with Crippen molar-refractivity contribution in [3.8, 4) is 0 Å². The summed E-state index contributed by atoms with van der Waals surface area (Å²) in [6.45, 7) is 14.2. The predicted octanol–water partition coefficient (Wildman–Crippen LogP) is 1.79. The summed E-state index contributed by atoms with van der Waals surface area (Å²) in [5.41, 5.74) is 2.65. The van der Waals surface area contributed by atoms with Crippen LogP contribution in [0.3, 0.4) is 0 Å². The molecule has 0 unspecified atom stereocenters. The van der Waals surface area contributed by atoms with Crippen molar-refractivity contribution in [2.75, 3.05) is 143 Å². The highest BCUT2D eigenvalue weighted by molar-refractivity contribution is 5.99. The van der Waals surface area contributed by atoms with Crippen molar-refractivity contribution < 1.29 is 84.5 Å². The SMILES string of the molecule is CCCOCCOCCOCCOCCOCCOCCOCCOCCOCCC(=O)NCCNC(=O)CC[C@H](NC(=O)c1ccc(N(Cc2cnc3nc(N)[nH]c(=O)c3n2)C(=O)C(F)(F)F)cc1)C(=O)OC(C)(C)C. The fourth-order valence-electron chi connectivity index (χ4n) is 6.33. The first-order valence-electron chi connectivity index (χ1n) is 25.1. The van der Waals surface area contributed by atoms with E-state index in [9.17, 15) is 41.9 Å². The molecule has 4 amide bonds. The number of hydrogen-bond donors (Lipinski definition) is 5. The zero-order valence-corrected chi connectivity index (χ0v) is 44.2. The lowest BCUT2D eigenvalue weighted by Gasteiger charge is -2.25. The maximum atomic E-state index is 13.8. The first-order valence-corrected chi connectivity index (χ1v) is 25.1. The Balaban J connectivity index is 1.24. The van der Waals surface area contributed by atoms with Crippen molar-refractivity contribution in [2.45, 2.75) is 77.7 Å². The zero-order valence-electron chi connectivity index (χ0n) is 44.2. The number of nitrogens with one attached hydrogen (secondary N) is 4. The van der Waals surface area contributed by atoms with Gasteiger partial charge >= 0.3 is 18.1 Å². The van der Waals surface area contributed by atoms with E-state index in [-0.39, 0.29) is 85.5 Å². The average Bonchev–Trinajstić information content (AvgIpc) is 3.38. The van der Waals surface area contributed by atoms with Gasteiger partial charge in [0.15, 0.2) is 11.2 Å². The van der Waals surface area contributed by atoms with E-state index in [1.54, 1.807) is 20.8 Å². The summed E-state index contributed by atoms with van der Waals surface area (Å²) in [5, 5.41) is 7.79. The number of esters is 1. The van der Waals surface area contributed by atoms with Gasteiger partial charge in [0, 0.05) is 43.8 Å². The Morgan fingerprint density at radius 1 is 0.662 bits per heavy atom. The molecule has 1 aromatic carbocycles. The van der Waals surface area contributed by atoms with E-state index < -0.39 is 53.6 Å². The number of aromatic nitrogens is 4. The van der Waals surface area contributed by atoms with E-state index in [1.807, 2.05) is 0 Å². The fourth-order valence-corrected chi connectivity index (χ4v) is 6.33. The van der Waals surface area contributed by atoms with E-state index in [0.29, 0.717) is 104 Å². The van der Waals surface area contributed by atoms with Crippen LogP contribution in [0.15, 0.2) is 35.3 Å². The molecule has 6 N–H and O–H groups in total. The number of ether oxygens (including phenoxy) is 10. The van der Waals surface area contributed by atoms with E-state index in [0.717, 1.165) is 43.5 Å². The number of carbonyl (C=O) groups is 5. The lowest BCUT2D eigenvalue weighted by molar-refractivity contribution is -0.170. The maximum absolute atomic E-state index is 13.8. The van der Waals surface area contributed by atoms with Gasteiger partial charge in [-0.05, 0) is 57.9 Å². The monoisotopic (exact) mass is 1100 g/mol. The highest BCUT2D eigenvalue weighted by atomic mass is 19.4. The van der Waals surface area contributed by atoms with E-state index in [2.05, 4.69) is 42.8 Å². The van der Waals surface area contributed by atoms with Crippen LogP contribution in [0.2, 0.25) is 0 Å². The second kappa shape index (κ2) is 36.9. The molecule has 25 nitrogen and oxygen atoms in total. The van der Waals surface area contributed by atoms with Crippen LogP contribution in [0.1, 0.15) is 69.4 Å². The van der Waals surface area contributed by atoms with Gasteiger partial charge in [0.25, 0.3) is 11.5 Å². The molecule has 0 aliphatic rings. The Labute approximate surface area is 444 Å². The standard InChI is InChI=1S/C49H74F3N9O16/c1-5-15-68-17-19-70-21-23-72-25-27-74-29-31-76-32-30-75-28-26-73-24-22-71-20-18-69-16-12-40(63)55-14-13-54-39(62)11-10-38(45(66)77-48(2,3)4)58-43(64)35-6-8-37(9-7-35)61(46(67)49(50,51)52)34-36-33-56-42-41(57-36)44(65)60-47(53)59-42/h6-9,33,38H,5,10-32,34H2,1-4H3,(H,54,62)(H,55,63)(H,58,64)(H3,53,56,59,60,65)/t38-/m0/s1. The second-order valence-electron chi connectivity index (χ2n) is 17.5. The van der Waals surface area contributed by atoms with Gasteiger partial charge in [-0.3, -0.25) is 33.9 Å². The van der Waals surface area contributed by atoms with Crippen molar-refractivity contribution in [1.82, 2.24) is 35.9 Å². The molecule has 28 heteroatoms. The summed E-state index contributed by atoms with van der Waals surface area (Å²) < 4.78 is 95.7. The van der Waals surface area contributed by atoms with E-state index >= 15 is 0 Å². The molecule has 0 bridgehead atoms. The van der Waals surface area contributed by atoms with Gasteiger partial charge in [-0.1, -0.05) is 6.92 Å². The quantitative estimate of drug-likeness (QED) is 0.0400. The average molecular weight is 1100 g/mol. The van der Waals surface area contributed by atoms with Crippen molar-refractivity contribution in [3.63, 3.8) is 0 Å². The molecule has 0 aliphatic heterocycles. The summed E-state index contributed by atoms with van der Waals surface area (Å²) >= 11 is 0. The molecular weight excluding hydrogens is 1030 g/mol. The van der Waals surface area contributed by atoms with Crippen LogP contribution in [-0.2, 0) is 73.1 Å². The topological polar surface area (TPSA) is 315 Å². The van der Waals surface area contributed by atoms with Crippen LogP contribution in [0.4, 0.5) is 24.8 Å². The molecule has 0 saturated heterocycles. The third-order valence-electron chi connectivity index (χ3n) is 9.96. The first-order chi connectivity index (χ1) is 36.9. The summed E-state index contributed by atoms with van der Waals surface area (Å²) in [6, 6.07) is 3.07. The number of aromatic amines is 1. The minimum Gasteiger partial charge on any atom is -0.458 e. The molecule has 77 heavy (non-hydrogen) atoms. The molecule has 0 radical (unpaired) electrons. The van der Waals surface area contributed by atoms with Crippen LogP contribution >= 0.6 is 0 Å². The normalized spacial score (nSPS) is 12.1. The van der Waals surface area contributed by atoms with Gasteiger partial charge in [0.05, 0.1) is 131 Å². The highest BCUT2D eigenvalue weighted by Crippen LogP contribution is 2.26. The number of anilines is 2. The molecule has 0 fully saturated rings. The molecule has 0 saturated carbocycles. The lowest BCUT2D eigenvalue weighted by atomic mass is 10.1. The molecule has 1 atom stereocenters. The number of fused-ring (bicyclic) bond motifs is 1. The molecule has 3 rings (SSSR count). The number of nitrogens with zero attached hydrogens (tertiary/aromatic N) is 4. The number of carbonyl (C=O) groups excluding carboxylic acids is 5. The van der Waals surface area contributed by atoms with Crippen molar-refractivity contribution >= 4 is 52.4 Å². The summed E-state index contributed by atoms with van der Waals surface area (Å²) in [7, 11) is 0. The molecule has 0 aliphatic carbocycles. The Morgan fingerprint density at radius 2 is 1.12 bits per heavy atom. The third-order valence-corrected chi connectivity index (χ3v) is 9.96. The zero-order chi connectivity index (χ0) is 56.3. The summed E-state index contributed by atoms with van der Waals surface area (Å²) in [4.78, 5) is 90.6. The molecule has 2 aromatic heterocycles. The minimum absolute atomic E-state index is 0.0606. The highest BCUT2D eigenvalue weighted by Gasteiger charge is 2.43. The van der Waals surface area contributed by atoms with Gasteiger partial charge in [-0.25, -0.2) is 14.8 Å². The van der Waals surface area contributed by atoms with Crippen molar-refractivity contribution in [2.24, 2.45) is 0 Å². The molecule has 3 aromatic rings. The predicted molar refractivity (Wildman–Crippen MR) is 271 cm³/mol. The fraction of sp³-hybridized carbons (Fsp3) is 0.653. The van der Waals surface area contributed by atoms with Crippen LogP contribution in [0.5, 0.6) is 0 Å². The number of nitrogen functional groups attached to an aromatic ring is 1. The Kier molecular flexibility index (Phi) is 31.3. The lowest BCUT2D eigenvalue weighted by Crippen LogP contribution is -2.45. The van der Waals surface area contributed by atoms with Crippen LogP contribution in [0, 0.1) is 0 Å². The van der Waals surface area contributed by atoms with Gasteiger partial charge in [-0.2, -0.15) is 18.2 Å². The van der Waals surface area contributed by atoms with Crippen molar-refractivity contribution in [1.29, 1.82) is 0 Å². The Bertz CT molecular complexity index is 2270. The molecular formula is C49H74F3N9O16. The minimum atomic E-state index is -5.33. The Hall–Kier alpha value is -5.98. The van der Waals surface area contributed by atoms with E-state index in [4.69, 9.17) is 53.1 Å². The van der Waals surface area contributed by atoms with Crippen LogP contribution in [-0.4, -0.2) is 199 Å². The maximum Gasteiger partial charge on any atom is 0.471 e. The summed E-state index contributed by atoms with van der Waals surface area (Å²) in [5.74, 6) is -5.02. The molecule has 2 heterocycles. The number of nitrogens with two attached hydrogens (primary N) is 1. The van der Waals surface area contributed by atoms with Gasteiger partial charge in [0.2, 0.25) is 17.8 Å². The number of amides is 4. The second-order valence-corrected chi connectivity index (χ2v) is 17.5. The summed E-state index contributed by atoms with van der Waals surface area (Å²) in [6.07, 6.45) is -3.68. The Morgan fingerprint density at radius 3 is 1.57 bits per heavy atom. The number of hydrogen-bond acceptors (Lipinski definition) is 20.